The zero-order valence-corrected chi connectivity index (χ0v) is 11.2. The zero-order valence-electron chi connectivity index (χ0n) is 11.2. The van der Waals surface area contributed by atoms with Crippen molar-refractivity contribution in [1.82, 2.24) is 5.32 Å². The van der Waals surface area contributed by atoms with Gasteiger partial charge in [0.15, 0.2) is 0 Å². The first-order valence-corrected chi connectivity index (χ1v) is 7.17. The first-order chi connectivity index (χ1) is 7.68. The summed E-state index contributed by atoms with van der Waals surface area (Å²) in [5.41, 5.74) is 5.75. The van der Waals surface area contributed by atoms with Crippen molar-refractivity contribution in [1.29, 1.82) is 0 Å². The van der Waals surface area contributed by atoms with Crippen LogP contribution in [0.3, 0.4) is 0 Å². The second kappa shape index (κ2) is 8.08. The van der Waals surface area contributed by atoms with Gasteiger partial charge in [0.1, 0.15) is 0 Å². The maximum atomic E-state index is 5.75. The van der Waals surface area contributed by atoms with Crippen molar-refractivity contribution in [3.8, 4) is 0 Å². The van der Waals surface area contributed by atoms with Crippen LogP contribution in [-0.4, -0.2) is 18.6 Å². The maximum absolute atomic E-state index is 5.75. The molecule has 2 unspecified atom stereocenters. The highest BCUT2D eigenvalue weighted by atomic mass is 14.9. The normalized spacial score (nSPS) is 21.9. The summed E-state index contributed by atoms with van der Waals surface area (Å²) in [7, 11) is 0. The van der Waals surface area contributed by atoms with Crippen molar-refractivity contribution < 1.29 is 0 Å². The first-order valence-electron chi connectivity index (χ1n) is 7.17. The van der Waals surface area contributed by atoms with Gasteiger partial charge in [-0.15, -0.1) is 0 Å². The Kier molecular flexibility index (Phi) is 7.06. The second-order valence-corrected chi connectivity index (χ2v) is 5.76. The van der Waals surface area contributed by atoms with Gasteiger partial charge >= 0.3 is 0 Å². The molecule has 1 rings (SSSR count). The Morgan fingerprint density at radius 2 is 1.81 bits per heavy atom. The molecule has 0 amide bonds. The van der Waals surface area contributed by atoms with E-state index in [0.717, 1.165) is 12.0 Å². The third kappa shape index (κ3) is 6.49. The van der Waals surface area contributed by atoms with Gasteiger partial charge in [-0.2, -0.15) is 0 Å². The molecule has 2 heteroatoms. The van der Waals surface area contributed by atoms with Gasteiger partial charge in [-0.3, -0.25) is 0 Å². The summed E-state index contributed by atoms with van der Waals surface area (Å²) >= 11 is 0. The Morgan fingerprint density at radius 1 is 1.12 bits per heavy atom. The van der Waals surface area contributed by atoms with Gasteiger partial charge < -0.3 is 11.1 Å². The van der Waals surface area contributed by atoms with Gasteiger partial charge in [0, 0.05) is 12.1 Å². The molecule has 1 aliphatic carbocycles. The molecule has 0 radical (unpaired) electrons. The monoisotopic (exact) mass is 226 g/mol. The van der Waals surface area contributed by atoms with E-state index >= 15 is 0 Å². The number of hydrogen-bond acceptors (Lipinski definition) is 2. The molecule has 0 bridgehead atoms. The molecule has 1 aliphatic rings. The summed E-state index contributed by atoms with van der Waals surface area (Å²) in [6.45, 7) is 5.66. The molecule has 3 N–H and O–H groups in total. The van der Waals surface area contributed by atoms with E-state index in [1.807, 2.05) is 0 Å². The Balaban J connectivity index is 1.98. The third-order valence-electron chi connectivity index (χ3n) is 3.72. The van der Waals surface area contributed by atoms with Crippen LogP contribution in [0.25, 0.3) is 0 Å². The fraction of sp³-hybridized carbons (Fsp3) is 1.00. The Labute approximate surface area is 101 Å². The van der Waals surface area contributed by atoms with Gasteiger partial charge in [0.25, 0.3) is 0 Å². The minimum Gasteiger partial charge on any atom is -0.328 e. The van der Waals surface area contributed by atoms with Crippen molar-refractivity contribution in [2.45, 2.75) is 77.3 Å². The Morgan fingerprint density at radius 3 is 2.44 bits per heavy atom. The molecule has 0 aromatic heterocycles. The molecule has 2 atom stereocenters. The van der Waals surface area contributed by atoms with Crippen LogP contribution >= 0.6 is 0 Å². The highest BCUT2D eigenvalue weighted by Gasteiger charge is 2.13. The summed E-state index contributed by atoms with van der Waals surface area (Å²) in [6, 6.07) is 1.18. The molecule has 96 valence electrons. The minimum atomic E-state index is 0.374. The van der Waals surface area contributed by atoms with Crippen LogP contribution in [0, 0.1) is 5.92 Å². The summed E-state index contributed by atoms with van der Waals surface area (Å²) in [5.74, 6) is 0.806. The lowest BCUT2D eigenvalue weighted by Gasteiger charge is -2.24. The second-order valence-electron chi connectivity index (χ2n) is 5.76. The van der Waals surface area contributed by atoms with E-state index in [1.54, 1.807) is 0 Å². The van der Waals surface area contributed by atoms with Crippen LogP contribution in [0.4, 0.5) is 0 Å². The molecule has 0 aromatic rings. The molecule has 0 spiro atoms. The van der Waals surface area contributed by atoms with Crippen LogP contribution in [-0.2, 0) is 0 Å². The van der Waals surface area contributed by atoms with Crippen molar-refractivity contribution >= 4 is 0 Å². The molecule has 2 nitrogen and oxygen atoms in total. The number of nitrogens with one attached hydrogen (secondary N) is 1. The molecule has 0 heterocycles. The molecule has 1 fully saturated rings. The van der Waals surface area contributed by atoms with E-state index in [9.17, 15) is 0 Å². The van der Waals surface area contributed by atoms with Crippen LogP contribution in [0.2, 0.25) is 0 Å². The highest BCUT2D eigenvalue weighted by molar-refractivity contribution is 4.73. The number of rotatable bonds is 7. The molecule has 16 heavy (non-hydrogen) atoms. The van der Waals surface area contributed by atoms with Crippen LogP contribution in [0.15, 0.2) is 0 Å². The molecule has 0 saturated heterocycles. The molecule has 0 aromatic carbocycles. The zero-order chi connectivity index (χ0) is 11.8. The van der Waals surface area contributed by atoms with Gasteiger partial charge in [-0.25, -0.2) is 0 Å². The van der Waals surface area contributed by atoms with E-state index in [-0.39, 0.29) is 0 Å². The van der Waals surface area contributed by atoms with Crippen molar-refractivity contribution in [2.24, 2.45) is 11.7 Å². The lowest BCUT2D eigenvalue weighted by atomic mass is 9.94. The predicted octanol–water partition coefficient (Wildman–Crippen LogP) is 3.06. The predicted molar refractivity (Wildman–Crippen MR) is 71.5 cm³/mol. The van der Waals surface area contributed by atoms with E-state index in [4.69, 9.17) is 5.73 Å². The smallest absolute Gasteiger partial charge is 0.00671 e. The third-order valence-corrected chi connectivity index (χ3v) is 3.72. The fourth-order valence-corrected chi connectivity index (χ4v) is 2.56. The number of hydrogen-bond donors (Lipinski definition) is 2. The van der Waals surface area contributed by atoms with Crippen LogP contribution in [0.5, 0.6) is 0 Å². The largest absolute Gasteiger partial charge is 0.328 e. The summed E-state index contributed by atoms with van der Waals surface area (Å²) in [4.78, 5) is 0. The maximum Gasteiger partial charge on any atom is 0.00671 e. The number of nitrogens with two attached hydrogens (primary N) is 1. The SMILES string of the molecule is CC(N)CCCC(C)CNC1CCCCC1. The topological polar surface area (TPSA) is 38.0 Å². The molecular formula is C14H30N2. The first kappa shape index (κ1) is 14.0. The average Bonchev–Trinajstić information content (AvgIpc) is 2.27. The molecule has 0 aliphatic heterocycles. The summed E-state index contributed by atoms with van der Waals surface area (Å²) in [6.07, 6.45) is 10.9. The fourth-order valence-electron chi connectivity index (χ4n) is 2.56. The summed E-state index contributed by atoms with van der Waals surface area (Å²) in [5, 5.41) is 3.73. The summed E-state index contributed by atoms with van der Waals surface area (Å²) < 4.78 is 0. The van der Waals surface area contributed by atoms with Crippen molar-refractivity contribution in [3.05, 3.63) is 0 Å². The van der Waals surface area contributed by atoms with Gasteiger partial charge in [-0.1, -0.05) is 32.6 Å². The minimum absolute atomic E-state index is 0.374. The average molecular weight is 226 g/mol. The van der Waals surface area contributed by atoms with E-state index in [2.05, 4.69) is 19.2 Å². The van der Waals surface area contributed by atoms with E-state index in [1.165, 1.54) is 57.9 Å². The Hall–Kier alpha value is -0.0800. The lowest BCUT2D eigenvalue weighted by molar-refractivity contribution is 0.343. The molecular weight excluding hydrogens is 196 g/mol. The highest BCUT2D eigenvalue weighted by Crippen LogP contribution is 2.18. The quantitative estimate of drug-likeness (QED) is 0.700. The van der Waals surface area contributed by atoms with Crippen molar-refractivity contribution in [2.75, 3.05) is 6.54 Å². The molecule has 1 saturated carbocycles. The van der Waals surface area contributed by atoms with Gasteiger partial charge in [-0.05, 0) is 45.1 Å². The standard InChI is InChI=1S/C14H30N2/c1-12(7-6-8-13(2)15)11-16-14-9-4-3-5-10-14/h12-14,16H,3-11,15H2,1-2H3. The lowest BCUT2D eigenvalue weighted by Crippen LogP contribution is -2.34. The van der Waals surface area contributed by atoms with E-state index in [0.29, 0.717) is 6.04 Å². The van der Waals surface area contributed by atoms with E-state index < -0.39 is 0 Å². The van der Waals surface area contributed by atoms with Crippen LogP contribution < -0.4 is 11.1 Å². The van der Waals surface area contributed by atoms with Crippen LogP contribution in [0.1, 0.15) is 65.2 Å². The van der Waals surface area contributed by atoms with Gasteiger partial charge in [0.05, 0.1) is 0 Å². The Bertz CT molecular complexity index is 162. The van der Waals surface area contributed by atoms with Gasteiger partial charge in [0.2, 0.25) is 0 Å². The van der Waals surface area contributed by atoms with Crippen molar-refractivity contribution in [3.63, 3.8) is 0 Å².